The Kier molecular flexibility index (Phi) is 5.75. The number of aliphatic hydroxyl groups is 1. The monoisotopic (exact) mass is 568 g/mol. The van der Waals surface area contributed by atoms with Crippen LogP contribution in [0.3, 0.4) is 0 Å². The van der Waals surface area contributed by atoms with Crippen LogP contribution in [0.1, 0.15) is 63.2 Å². The summed E-state index contributed by atoms with van der Waals surface area (Å²) in [4.78, 5) is 21.5. The van der Waals surface area contributed by atoms with Gasteiger partial charge in [-0.1, -0.05) is 12.1 Å². The van der Waals surface area contributed by atoms with Gasteiger partial charge in [0.15, 0.2) is 0 Å². The van der Waals surface area contributed by atoms with Crippen LogP contribution in [-0.2, 0) is 5.92 Å². The molecule has 1 unspecified atom stereocenters. The SMILES string of the molecule is C[C@@H](Nc1ncnc2c(Br)c(=O)n(C3CC4(F)CC3C4)cc12)c1cccc(C(F)(F)C(C)(C)O)c1F. The molecule has 3 aliphatic rings. The van der Waals surface area contributed by atoms with E-state index in [1.165, 1.54) is 23.0 Å². The topological polar surface area (TPSA) is 80.0 Å². The lowest BCUT2D eigenvalue weighted by Crippen LogP contribution is -2.41. The molecule has 0 aliphatic heterocycles. The Balaban J connectivity index is 1.54. The van der Waals surface area contributed by atoms with Gasteiger partial charge < -0.3 is 15.0 Å². The summed E-state index contributed by atoms with van der Waals surface area (Å²) >= 11 is 3.32. The molecular formula is C25H25BrF4N4O2. The van der Waals surface area contributed by atoms with Crippen molar-refractivity contribution in [3.8, 4) is 0 Å². The molecule has 192 valence electrons. The highest BCUT2D eigenvalue weighted by molar-refractivity contribution is 9.10. The molecule has 3 fully saturated rings. The van der Waals surface area contributed by atoms with Crippen LogP contribution in [0.4, 0.5) is 23.4 Å². The third-order valence-electron chi connectivity index (χ3n) is 7.47. The summed E-state index contributed by atoms with van der Waals surface area (Å²) in [5.41, 5.74) is -4.66. The summed E-state index contributed by atoms with van der Waals surface area (Å²) in [6.07, 6.45) is 3.94. The molecule has 11 heteroatoms. The lowest BCUT2D eigenvalue weighted by atomic mass is 9.81. The van der Waals surface area contributed by atoms with Crippen molar-refractivity contribution in [2.75, 3.05) is 5.32 Å². The fraction of sp³-hybridized carbons (Fsp3) is 0.480. The van der Waals surface area contributed by atoms with Crippen molar-refractivity contribution in [3.63, 3.8) is 0 Å². The van der Waals surface area contributed by atoms with E-state index in [1.54, 1.807) is 13.1 Å². The number of hydrogen-bond acceptors (Lipinski definition) is 5. The highest BCUT2D eigenvalue weighted by Gasteiger charge is 2.57. The van der Waals surface area contributed by atoms with Crippen molar-refractivity contribution in [1.29, 1.82) is 0 Å². The minimum Gasteiger partial charge on any atom is -0.384 e. The number of nitrogens with zero attached hydrogens (tertiary/aromatic N) is 3. The molecule has 2 heterocycles. The Labute approximate surface area is 212 Å². The second kappa shape index (κ2) is 8.24. The molecular weight excluding hydrogens is 544 g/mol. The number of anilines is 1. The molecule has 0 spiro atoms. The minimum absolute atomic E-state index is 0.0495. The summed E-state index contributed by atoms with van der Waals surface area (Å²) in [5.74, 6) is -4.63. The van der Waals surface area contributed by atoms with E-state index >= 15 is 4.39 Å². The van der Waals surface area contributed by atoms with Crippen LogP contribution in [0.5, 0.6) is 0 Å². The maximum absolute atomic E-state index is 15.3. The van der Waals surface area contributed by atoms with Crippen molar-refractivity contribution in [1.82, 2.24) is 14.5 Å². The highest BCUT2D eigenvalue weighted by atomic mass is 79.9. The van der Waals surface area contributed by atoms with Gasteiger partial charge in [-0.3, -0.25) is 4.79 Å². The maximum Gasteiger partial charge on any atom is 0.303 e. The molecule has 1 aromatic carbocycles. The van der Waals surface area contributed by atoms with Gasteiger partial charge in [0.25, 0.3) is 5.56 Å². The van der Waals surface area contributed by atoms with Gasteiger partial charge in [-0.2, -0.15) is 8.78 Å². The van der Waals surface area contributed by atoms with E-state index in [2.05, 4.69) is 31.2 Å². The number of hydrogen-bond donors (Lipinski definition) is 2. The number of halogens is 5. The second-order valence-electron chi connectivity index (χ2n) is 10.4. The van der Waals surface area contributed by atoms with Gasteiger partial charge in [0.1, 0.15) is 33.7 Å². The number of benzene rings is 1. The molecule has 3 saturated carbocycles. The Morgan fingerprint density at radius 3 is 2.56 bits per heavy atom. The zero-order valence-electron chi connectivity index (χ0n) is 19.8. The average molecular weight is 569 g/mol. The van der Waals surface area contributed by atoms with Gasteiger partial charge in [-0.15, -0.1) is 0 Å². The highest BCUT2D eigenvalue weighted by Crippen LogP contribution is 2.59. The van der Waals surface area contributed by atoms with E-state index in [1.807, 2.05) is 0 Å². The molecule has 0 amide bonds. The first-order chi connectivity index (χ1) is 16.7. The smallest absolute Gasteiger partial charge is 0.303 e. The van der Waals surface area contributed by atoms with Crippen LogP contribution in [-0.4, -0.2) is 30.9 Å². The van der Waals surface area contributed by atoms with E-state index in [4.69, 9.17) is 0 Å². The van der Waals surface area contributed by atoms with Crippen LogP contribution >= 0.6 is 15.9 Å². The third kappa shape index (κ3) is 3.82. The molecule has 0 radical (unpaired) electrons. The van der Waals surface area contributed by atoms with Gasteiger partial charge in [0, 0.05) is 24.2 Å². The van der Waals surface area contributed by atoms with Gasteiger partial charge in [-0.25, -0.2) is 18.7 Å². The molecule has 2 bridgehead atoms. The number of aromatic nitrogens is 3. The summed E-state index contributed by atoms with van der Waals surface area (Å²) in [7, 11) is 0. The fourth-order valence-corrected chi connectivity index (χ4v) is 5.91. The Morgan fingerprint density at radius 1 is 1.25 bits per heavy atom. The van der Waals surface area contributed by atoms with E-state index in [0.29, 0.717) is 23.7 Å². The second-order valence-corrected chi connectivity index (χ2v) is 11.2. The molecule has 6 nitrogen and oxygen atoms in total. The molecule has 36 heavy (non-hydrogen) atoms. The van der Waals surface area contributed by atoms with E-state index in [9.17, 15) is 23.1 Å². The summed E-state index contributed by atoms with van der Waals surface area (Å²) < 4.78 is 61.0. The molecule has 2 aromatic heterocycles. The van der Waals surface area contributed by atoms with Crippen molar-refractivity contribution in [2.24, 2.45) is 5.92 Å². The quantitative estimate of drug-likeness (QED) is 0.368. The number of fused-ring (bicyclic) bond motifs is 2. The first kappa shape index (κ1) is 25.1. The summed E-state index contributed by atoms with van der Waals surface area (Å²) in [5, 5.41) is 13.4. The Bertz CT molecular complexity index is 1420. The number of pyridine rings is 1. The summed E-state index contributed by atoms with van der Waals surface area (Å²) in [6, 6.07) is 2.53. The zero-order valence-corrected chi connectivity index (χ0v) is 21.4. The first-order valence-corrected chi connectivity index (χ1v) is 12.4. The van der Waals surface area contributed by atoms with Gasteiger partial charge >= 0.3 is 5.92 Å². The maximum atomic E-state index is 15.3. The van der Waals surface area contributed by atoms with Crippen LogP contribution in [0.15, 0.2) is 40.0 Å². The average Bonchev–Trinajstić information content (AvgIpc) is 3.29. The summed E-state index contributed by atoms with van der Waals surface area (Å²) in [6.45, 7) is 3.43. The lowest BCUT2D eigenvalue weighted by molar-refractivity contribution is -0.170. The predicted octanol–water partition coefficient (Wildman–Crippen LogP) is 5.79. The van der Waals surface area contributed by atoms with Gasteiger partial charge in [0.05, 0.1) is 22.5 Å². The minimum atomic E-state index is -3.83. The van der Waals surface area contributed by atoms with Crippen LogP contribution in [0.2, 0.25) is 0 Å². The Morgan fingerprint density at radius 2 is 1.94 bits per heavy atom. The normalized spacial score (nSPS) is 24.6. The van der Waals surface area contributed by atoms with Crippen molar-refractivity contribution < 1.29 is 22.7 Å². The molecule has 2 atom stereocenters. The van der Waals surface area contributed by atoms with Crippen molar-refractivity contribution >= 4 is 32.7 Å². The Hall–Kier alpha value is -2.53. The van der Waals surface area contributed by atoms with Gasteiger partial charge in [0.2, 0.25) is 0 Å². The van der Waals surface area contributed by atoms with Crippen LogP contribution in [0.25, 0.3) is 10.9 Å². The van der Waals surface area contributed by atoms with Crippen LogP contribution < -0.4 is 10.9 Å². The predicted molar refractivity (Wildman–Crippen MR) is 130 cm³/mol. The first-order valence-electron chi connectivity index (χ1n) is 11.6. The molecule has 6 rings (SSSR count). The number of rotatable bonds is 6. The van der Waals surface area contributed by atoms with Crippen molar-refractivity contribution in [3.05, 3.63) is 62.5 Å². The lowest BCUT2D eigenvalue weighted by Gasteiger charge is -2.30. The van der Waals surface area contributed by atoms with Crippen LogP contribution in [0, 0.1) is 11.7 Å². The molecule has 3 aliphatic carbocycles. The number of alkyl halides is 3. The van der Waals surface area contributed by atoms with E-state index in [0.717, 1.165) is 19.9 Å². The van der Waals surface area contributed by atoms with Crippen molar-refractivity contribution in [2.45, 2.75) is 69.3 Å². The molecule has 2 N–H and O–H groups in total. The van der Waals surface area contributed by atoms with E-state index < -0.39 is 34.6 Å². The standard InChI is InChI=1S/C25H25BrF4N4O2/c1-12(14-5-4-6-16(19(14)27)25(29,30)23(2,3)36)33-21-15-10-34(17-9-24(28)7-13(17)8-24)22(35)18(26)20(15)31-11-32-21/h4-6,10-13,17,36H,7-9H2,1-3H3,(H,31,32,33)/t12-,13?,17?,24?/m1/s1. The number of nitrogens with one attached hydrogen (secondary N) is 1. The zero-order chi connectivity index (χ0) is 26.2. The van der Waals surface area contributed by atoms with Gasteiger partial charge in [-0.05, 0) is 61.5 Å². The third-order valence-corrected chi connectivity index (χ3v) is 8.18. The largest absolute Gasteiger partial charge is 0.384 e. The molecule has 0 saturated heterocycles. The van der Waals surface area contributed by atoms with E-state index in [-0.39, 0.29) is 39.8 Å². The molecule has 3 aromatic rings. The fourth-order valence-electron chi connectivity index (χ4n) is 5.39.